The lowest BCUT2D eigenvalue weighted by atomic mass is 10.3. The minimum Gasteiger partial charge on any atom is -0.465 e. The van der Waals surface area contributed by atoms with Crippen molar-refractivity contribution in [3.63, 3.8) is 0 Å². The topological polar surface area (TPSA) is 95.7 Å². The summed E-state index contributed by atoms with van der Waals surface area (Å²) >= 11 is 0. The number of nitrogens with zero attached hydrogens (tertiary/aromatic N) is 1. The first-order chi connectivity index (χ1) is 6.59. The second kappa shape index (κ2) is 4.80. The first kappa shape index (κ1) is 10.8. The van der Waals surface area contributed by atoms with Gasteiger partial charge in [0, 0.05) is 32.1 Å². The SMILES string of the molecule is N[C@@H]1CCN(C(=O)CCNC(=O)O)C1. The third-order valence-corrected chi connectivity index (χ3v) is 2.19. The molecule has 0 aliphatic carbocycles. The van der Waals surface area contributed by atoms with Gasteiger partial charge in [-0.05, 0) is 6.42 Å². The van der Waals surface area contributed by atoms with Gasteiger partial charge in [0.25, 0.3) is 0 Å². The van der Waals surface area contributed by atoms with Crippen LogP contribution in [0.4, 0.5) is 4.79 Å². The maximum atomic E-state index is 11.4. The summed E-state index contributed by atoms with van der Waals surface area (Å²) in [5.74, 6) is -0.0355. The average molecular weight is 201 g/mol. The predicted octanol–water partition coefficient (Wildman–Crippen LogP) is -0.796. The van der Waals surface area contributed by atoms with Gasteiger partial charge in [-0.25, -0.2) is 4.79 Å². The molecule has 0 aromatic rings. The molecule has 0 unspecified atom stereocenters. The van der Waals surface area contributed by atoms with Crippen molar-refractivity contribution < 1.29 is 14.7 Å². The van der Waals surface area contributed by atoms with Crippen LogP contribution in [0.15, 0.2) is 0 Å². The maximum Gasteiger partial charge on any atom is 0.404 e. The summed E-state index contributed by atoms with van der Waals surface area (Å²) in [7, 11) is 0. The molecule has 0 spiro atoms. The highest BCUT2D eigenvalue weighted by Crippen LogP contribution is 2.07. The van der Waals surface area contributed by atoms with Crippen molar-refractivity contribution in [1.29, 1.82) is 0 Å². The first-order valence-corrected chi connectivity index (χ1v) is 4.59. The van der Waals surface area contributed by atoms with E-state index >= 15 is 0 Å². The molecule has 0 aromatic carbocycles. The van der Waals surface area contributed by atoms with E-state index in [9.17, 15) is 9.59 Å². The molecule has 1 aliphatic rings. The third kappa shape index (κ3) is 3.21. The van der Waals surface area contributed by atoms with Crippen LogP contribution in [0.2, 0.25) is 0 Å². The summed E-state index contributed by atoms with van der Waals surface area (Å²) in [6.45, 7) is 1.44. The maximum absolute atomic E-state index is 11.4. The number of nitrogens with one attached hydrogen (secondary N) is 1. The van der Waals surface area contributed by atoms with Crippen molar-refractivity contribution in [1.82, 2.24) is 10.2 Å². The summed E-state index contributed by atoms with van der Waals surface area (Å²) in [5.41, 5.74) is 5.64. The Balaban J connectivity index is 2.18. The number of carbonyl (C=O) groups is 2. The van der Waals surface area contributed by atoms with E-state index in [1.54, 1.807) is 4.90 Å². The summed E-state index contributed by atoms with van der Waals surface area (Å²) in [6.07, 6.45) is -0.0622. The van der Waals surface area contributed by atoms with Gasteiger partial charge in [-0.1, -0.05) is 0 Å². The monoisotopic (exact) mass is 201 g/mol. The molecule has 0 bridgehead atoms. The molecule has 1 atom stereocenters. The number of hydrogen-bond donors (Lipinski definition) is 3. The zero-order chi connectivity index (χ0) is 10.6. The van der Waals surface area contributed by atoms with Crippen LogP contribution < -0.4 is 11.1 Å². The average Bonchev–Trinajstić information content (AvgIpc) is 2.51. The van der Waals surface area contributed by atoms with Gasteiger partial charge < -0.3 is 21.1 Å². The first-order valence-electron chi connectivity index (χ1n) is 4.59. The number of hydrogen-bond acceptors (Lipinski definition) is 3. The molecule has 2 amide bonds. The second-order valence-electron chi connectivity index (χ2n) is 3.37. The zero-order valence-corrected chi connectivity index (χ0v) is 7.90. The molecule has 1 saturated heterocycles. The highest BCUT2D eigenvalue weighted by atomic mass is 16.4. The molecular weight excluding hydrogens is 186 g/mol. The molecule has 1 rings (SSSR count). The lowest BCUT2D eigenvalue weighted by molar-refractivity contribution is -0.130. The molecule has 0 aromatic heterocycles. The summed E-state index contributed by atoms with van der Waals surface area (Å²) < 4.78 is 0. The van der Waals surface area contributed by atoms with Crippen molar-refractivity contribution in [3.8, 4) is 0 Å². The van der Waals surface area contributed by atoms with Gasteiger partial charge in [0.05, 0.1) is 0 Å². The van der Waals surface area contributed by atoms with Gasteiger partial charge in [-0.15, -0.1) is 0 Å². The fourth-order valence-corrected chi connectivity index (χ4v) is 1.45. The van der Waals surface area contributed by atoms with E-state index in [4.69, 9.17) is 10.8 Å². The molecule has 14 heavy (non-hydrogen) atoms. The van der Waals surface area contributed by atoms with E-state index in [0.29, 0.717) is 13.1 Å². The van der Waals surface area contributed by atoms with Crippen LogP contribution in [0.3, 0.4) is 0 Å². The van der Waals surface area contributed by atoms with E-state index in [1.807, 2.05) is 0 Å². The highest BCUT2D eigenvalue weighted by molar-refractivity contribution is 5.77. The highest BCUT2D eigenvalue weighted by Gasteiger charge is 2.22. The number of likely N-dealkylation sites (tertiary alicyclic amines) is 1. The Hall–Kier alpha value is -1.30. The van der Waals surface area contributed by atoms with E-state index in [0.717, 1.165) is 6.42 Å². The lowest BCUT2D eigenvalue weighted by Crippen LogP contribution is -2.34. The Bertz CT molecular complexity index is 232. The molecule has 4 N–H and O–H groups in total. The largest absolute Gasteiger partial charge is 0.465 e. The van der Waals surface area contributed by atoms with Crippen molar-refractivity contribution in [3.05, 3.63) is 0 Å². The fourth-order valence-electron chi connectivity index (χ4n) is 1.45. The molecule has 0 saturated carbocycles. The van der Waals surface area contributed by atoms with E-state index in [2.05, 4.69) is 5.32 Å². The number of rotatable bonds is 3. The van der Waals surface area contributed by atoms with Crippen LogP contribution in [0.25, 0.3) is 0 Å². The molecular formula is C8H15N3O3. The van der Waals surface area contributed by atoms with Gasteiger partial charge >= 0.3 is 6.09 Å². The van der Waals surface area contributed by atoms with Crippen molar-refractivity contribution in [2.75, 3.05) is 19.6 Å². The van der Waals surface area contributed by atoms with Crippen molar-refractivity contribution in [2.24, 2.45) is 5.73 Å². The minimum atomic E-state index is -1.10. The third-order valence-electron chi connectivity index (χ3n) is 2.19. The van der Waals surface area contributed by atoms with Gasteiger partial charge in [0.2, 0.25) is 5.91 Å². The van der Waals surface area contributed by atoms with E-state index < -0.39 is 6.09 Å². The minimum absolute atomic E-state index is 0.0355. The Labute approximate surface area is 82.1 Å². The summed E-state index contributed by atoms with van der Waals surface area (Å²) in [6, 6.07) is 0.0754. The Morgan fingerprint density at radius 2 is 2.29 bits per heavy atom. The Morgan fingerprint density at radius 3 is 2.79 bits per heavy atom. The predicted molar refractivity (Wildman–Crippen MR) is 49.8 cm³/mol. The molecule has 1 aliphatic heterocycles. The quantitative estimate of drug-likeness (QED) is 0.557. The molecule has 0 radical (unpaired) electrons. The number of amides is 2. The number of carboxylic acid groups (broad SMARTS) is 1. The smallest absolute Gasteiger partial charge is 0.404 e. The molecule has 6 nitrogen and oxygen atoms in total. The summed E-state index contributed by atoms with van der Waals surface area (Å²) in [4.78, 5) is 23.2. The molecule has 6 heteroatoms. The van der Waals surface area contributed by atoms with Crippen molar-refractivity contribution in [2.45, 2.75) is 18.9 Å². The summed E-state index contributed by atoms with van der Waals surface area (Å²) in [5, 5.41) is 10.4. The fraction of sp³-hybridized carbons (Fsp3) is 0.750. The second-order valence-corrected chi connectivity index (χ2v) is 3.37. The van der Waals surface area contributed by atoms with Crippen LogP contribution in [-0.4, -0.2) is 47.7 Å². The van der Waals surface area contributed by atoms with Crippen LogP contribution in [-0.2, 0) is 4.79 Å². The Kier molecular flexibility index (Phi) is 3.70. The van der Waals surface area contributed by atoms with Crippen LogP contribution >= 0.6 is 0 Å². The van der Waals surface area contributed by atoms with Crippen molar-refractivity contribution >= 4 is 12.0 Å². The van der Waals surface area contributed by atoms with Gasteiger partial charge in [0.15, 0.2) is 0 Å². The van der Waals surface area contributed by atoms with Crippen LogP contribution in [0.1, 0.15) is 12.8 Å². The molecule has 80 valence electrons. The van der Waals surface area contributed by atoms with Gasteiger partial charge in [-0.3, -0.25) is 4.79 Å². The van der Waals surface area contributed by atoms with Gasteiger partial charge in [-0.2, -0.15) is 0 Å². The molecule has 1 fully saturated rings. The van der Waals surface area contributed by atoms with E-state index in [1.165, 1.54) is 0 Å². The van der Waals surface area contributed by atoms with Crippen LogP contribution in [0.5, 0.6) is 0 Å². The van der Waals surface area contributed by atoms with E-state index in [-0.39, 0.29) is 24.9 Å². The Morgan fingerprint density at radius 1 is 1.57 bits per heavy atom. The number of nitrogens with two attached hydrogens (primary N) is 1. The normalized spacial score (nSPS) is 20.9. The number of carbonyl (C=O) groups excluding carboxylic acids is 1. The van der Waals surface area contributed by atoms with Crippen LogP contribution in [0, 0.1) is 0 Å². The standard InChI is InChI=1S/C8H15N3O3/c9-6-2-4-11(5-6)7(12)1-3-10-8(13)14/h6,10H,1-5,9H2,(H,13,14)/t6-/m1/s1. The lowest BCUT2D eigenvalue weighted by Gasteiger charge is -2.15. The molecule has 1 heterocycles. The van der Waals surface area contributed by atoms with Gasteiger partial charge in [0.1, 0.15) is 0 Å². The zero-order valence-electron chi connectivity index (χ0n) is 7.90.